The number of carbonyl (C=O) groups is 2. The monoisotopic (exact) mass is 397 g/mol. The minimum Gasteiger partial charge on any atom is -0.491 e. The van der Waals surface area contributed by atoms with Gasteiger partial charge in [0.1, 0.15) is 5.75 Å². The molecule has 0 saturated heterocycles. The zero-order valence-corrected chi connectivity index (χ0v) is 17.6. The minimum atomic E-state index is -0.194. The summed E-state index contributed by atoms with van der Waals surface area (Å²) in [6.45, 7) is 8.79. The fourth-order valence-corrected chi connectivity index (χ4v) is 2.51. The highest BCUT2D eigenvalue weighted by molar-refractivity contribution is 5.96. The average molecular weight is 398 g/mol. The average Bonchev–Trinajstić information content (AvgIpc) is 2.71. The molecular weight excluding hydrogens is 366 g/mol. The number of anilines is 2. The third kappa shape index (κ3) is 7.49. The number of hydrogen-bond acceptors (Lipinski definition) is 4. The van der Waals surface area contributed by atoms with Gasteiger partial charge in [0.2, 0.25) is 5.91 Å². The zero-order valence-electron chi connectivity index (χ0n) is 17.6. The molecule has 0 spiro atoms. The van der Waals surface area contributed by atoms with E-state index in [1.165, 1.54) is 0 Å². The lowest BCUT2D eigenvalue weighted by molar-refractivity contribution is -0.114. The molecule has 0 aliphatic rings. The van der Waals surface area contributed by atoms with Crippen LogP contribution < -0.4 is 20.7 Å². The molecule has 0 aromatic heterocycles. The molecule has 3 N–H and O–H groups in total. The Bertz CT molecular complexity index is 821. The minimum absolute atomic E-state index is 0.0783. The Hall–Kier alpha value is -3.02. The van der Waals surface area contributed by atoms with Crippen LogP contribution in [0.1, 0.15) is 44.5 Å². The Kier molecular flexibility index (Phi) is 8.52. The fourth-order valence-electron chi connectivity index (χ4n) is 2.51. The van der Waals surface area contributed by atoms with Crippen LogP contribution in [0, 0.1) is 5.92 Å². The van der Waals surface area contributed by atoms with Crippen molar-refractivity contribution in [3.63, 3.8) is 0 Å². The molecule has 0 saturated carbocycles. The molecule has 2 aromatic rings. The maximum Gasteiger partial charge on any atom is 0.251 e. The summed E-state index contributed by atoms with van der Waals surface area (Å²) in [4.78, 5) is 24.6. The molecule has 2 aromatic carbocycles. The molecule has 1 atom stereocenters. The number of benzene rings is 2. The van der Waals surface area contributed by atoms with Gasteiger partial charge in [-0.25, -0.2) is 0 Å². The summed E-state index contributed by atoms with van der Waals surface area (Å²) in [5.41, 5.74) is 1.91. The van der Waals surface area contributed by atoms with Crippen molar-refractivity contribution in [1.29, 1.82) is 0 Å². The van der Waals surface area contributed by atoms with Gasteiger partial charge < -0.3 is 20.7 Å². The highest BCUT2D eigenvalue weighted by atomic mass is 16.5. The van der Waals surface area contributed by atoms with Crippen LogP contribution in [0.3, 0.4) is 0 Å². The lowest BCUT2D eigenvalue weighted by Gasteiger charge is -2.14. The topological polar surface area (TPSA) is 79.5 Å². The number of para-hydroxylation sites is 2. The molecule has 6 nitrogen and oxygen atoms in total. The summed E-state index contributed by atoms with van der Waals surface area (Å²) < 4.78 is 5.77. The molecule has 1 unspecified atom stereocenters. The van der Waals surface area contributed by atoms with Crippen LogP contribution in [0.15, 0.2) is 48.5 Å². The Morgan fingerprint density at radius 3 is 2.52 bits per heavy atom. The second-order valence-electron chi connectivity index (χ2n) is 7.47. The summed E-state index contributed by atoms with van der Waals surface area (Å²) >= 11 is 0. The van der Waals surface area contributed by atoms with Gasteiger partial charge in [-0.1, -0.05) is 39.0 Å². The van der Waals surface area contributed by atoms with Gasteiger partial charge in [0.05, 0.1) is 18.8 Å². The molecule has 29 heavy (non-hydrogen) atoms. The van der Waals surface area contributed by atoms with Crippen molar-refractivity contribution in [2.24, 2.45) is 5.92 Å². The predicted octanol–water partition coefficient (Wildman–Crippen LogP) is 4.30. The quantitative estimate of drug-likeness (QED) is 0.558. The van der Waals surface area contributed by atoms with Gasteiger partial charge >= 0.3 is 0 Å². The van der Waals surface area contributed by atoms with E-state index in [4.69, 9.17) is 4.74 Å². The molecule has 0 fully saturated rings. The molecule has 0 aliphatic carbocycles. The highest BCUT2D eigenvalue weighted by Crippen LogP contribution is 2.24. The van der Waals surface area contributed by atoms with Crippen molar-refractivity contribution in [2.45, 2.75) is 40.2 Å². The van der Waals surface area contributed by atoms with E-state index in [1.807, 2.05) is 44.2 Å². The Labute approximate surface area is 173 Å². The Morgan fingerprint density at radius 2 is 1.79 bits per heavy atom. The van der Waals surface area contributed by atoms with Crippen LogP contribution in [0.2, 0.25) is 0 Å². The van der Waals surface area contributed by atoms with Crippen molar-refractivity contribution in [2.75, 3.05) is 23.8 Å². The lowest BCUT2D eigenvalue weighted by Crippen LogP contribution is -2.31. The van der Waals surface area contributed by atoms with E-state index in [0.29, 0.717) is 35.2 Å². The number of ether oxygens (including phenoxy) is 1. The summed E-state index contributed by atoms with van der Waals surface area (Å²) in [6, 6.07) is 14.6. The molecule has 0 radical (unpaired) electrons. The second kappa shape index (κ2) is 11.1. The normalized spacial score (nSPS) is 11.6. The third-order valence-electron chi connectivity index (χ3n) is 4.30. The first-order chi connectivity index (χ1) is 13.9. The first-order valence-corrected chi connectivity index (χ1v) is 10.1. The van der Waals surface area contributed by atoms with E-state index in [2.05, 4.69) is 29.8 Å². The van der Waals surface area contributed by atoms with E-state index >= 15 is 0 Å². The SMILES string of the molecule is CCC(C)NC(=O)c1cccc(NCC(=O)Nc2ccccc2OCC(C)C)c1. The number of carbonyl (C=O) groups excluding carboxylic acids is 2. The lowest BCUT2D eigenvalue weighted by atomic mass is 10.1. The number of amides is 2. The van der Waals surface area contributed by atoms with Crippen molar-refractivity contribution in [1.82, 2.24) is 5.32 Å². The second-order valence-corrected chi connectivity index (χ2v) is 7.47. The van der Waals surface area contributed by atoms with Crippen molar-refractivity contribution >= 4 is 23.2 Å². The smallest absolute Gasteiger partial charge is 0.251 e. The molecule has 0 bridgehead atoms. The molecule has 2 amide bonds. The van der Waals surface area contributed by atoms with E-state index in [-0.39, 0.29) is 24.4 Å². The number of hydrogen-bond donors (Lipinski definition) is 3. The largest absolute Gasteiger partial charge is 0.491 e. The summed E-state index contributed by atoms with van der Waals surface area (Å²) in [7, 11) is 0. The van der Waals surface area contributed by atoms with Crippen LogP contribution >= 0.6 is 0 Å². The molecule has 0 heterocycles. The molecule has 6 heteroatoms. The molecule has 0 aliphatic heterocycles. The highest BCUT2D eigenvalue weighted by Gasteiger charge is 2.11. The van der Waals surface area contributed by atoms with Crippen molar-refractivity contribution in [3.8, 4) is 5.75 Å². The predicted molar refractivity (Wildman–Crippen MR) is 118 cm³/mol. The van der Waals surface area contributed by atoms with Gasteiger partial charge in [-0.3, -0.25) is 9.59 Å². The number of rotatable bonds is 10. The van der Waals surface area contributed by atoms with Gasteiger partial charge in [0.25, 0.3) is 5.91 Å². The van der Waals surface area contributed by atoms with Crippen LogP contribution in [0.4, 0.5) is 11.4 Å². The zero-order chi connectivity index (χ0) is 21.2. The van der Waals surface area contributed by atoms with Gasteiger partial charge in [0, 0.05) is 17.3 Å². The fraction of sp³-hybridized carbons (Fsp3) is 0.391. The van der Waals surface area contributed by atoms with E-state index in [1.54, 1.807) is 18.2 Å². The van der Waals surface area contributed by atoms with Crippen LogP contribution in [0.25, 0.3) is 0 Å². The van der Waals surface area contributed by atoms with E-state index in [0.717, 1.165) is 6.42 Å². The van der Waals surface area contributed by atoms with Crippen molar-refractivity contribution < 1.29 is 14.3 Å². The first kappa shape index (κ1) is 22.3. The van der Waals surface area contributed by atoms with Gasteiger partial charge in [0.15, 0.2) is 0 Å². The van der Waals surface area contributed by atoms with Crippen LogP contribution in [-0.4, -0.2) is 31.0 Å². The summed E-state index contributed by atoms with van der Waals surface area (Å²) in [5.74, 6) is 0.729. The number of nitrogens with one attached hydrogen (secondary N) is 3. The molecular formula is C23H31N3O3. The van der Waals surface area contributed by atoms with Crippen LogP contribution in [0.5, 0.6) is 5.75 Å². The summed E-state index contributed by atoms with van der Waals surface area (Å²) in [6.07, 6.45) is 0.867. The van der Waals surface area contributed by atoms with Gasteiger partial charge in [-0.05, 0) is 49.6 Å². The Morgan fingerprint density at radius 1 is 1.03 bits per heavy atom. The van der Waals surface area contributed by atoms with Crippen molar-refractivity contribution in [3.05, 3.63) is 54.1 Å². The summed E-state index contributed by atoms with van der Waals surface area (Å²) in [5, 5.41) is 8.87. The first-order valence-electron chi connectivity index (χ1n) is 10.1. The maximum atomic E-state index is 12.4. The van der Waals surface area contributed by atoms with Crippen LogP contribution in [-0.2, 0) is 4.79 Å². The molecule has 2 rings (SSSR count). The maximum absolute atomic E-state index is 12.4. The van der Waals surface area contributed by atoms with Gasteiger partial charge in [-0.15, -0.1) is 0 Å². The van der Waals surface area contributed by atoms with Gasteiger partial charge in [-0.2, -0.15) is 0 Å². The Balaban J connectivity index is 1.93. The van der Waals surface area contributed by atoms with E-state index in [9.17, 15) is 9.59 Å². The standard InChI is InChI=1S/C23H31N3O3/c1-5-17(4)25-23(28)18-9-8-10-19(13-18)24-14-22(27)26-20-11-6-7-12-21(20)29-15-16(2)3/h6-13,16-17,24H,5,14-15H2,1-4H3,(H,25,28)(H,26,27). The third-order valence-corrected chi connectivity index (χ3v) is 4.30. The molecule has 156 valence electrons. The van der Waals surface area contributed by atoms with E-state index < -0.39 is 0 Å².